The summed E-state index contributed by atoms with van der Waals surface area (Å²) in [5, 5.41) is 12.0. The van der Waals surface area contributed by atoms with Gasteiger partial charge in [0.15, 0.2) is 0 Å². The van der Waals surface area contributed by atoms with Crippen LogP contribution in [0.15, 0.2) is 114 Å². The predicted molar refractivity (Wildman–Crippen MR) is 144 cm³/mol. The lowest BCUT2D eigenvalue weighted by Crippen LogP contribution is -2.42. The van der Waals surface area contributed by atoms with E-state index in [0.29, 0.717) is 11.3 Å². The second-order valence-electron chi connectivity index (χ2n) is 8.49. The van der Waals surface area contributed by atoms with E-state index in [1.54, 1.807) is 30.3 Å². The van der Waals surface area contributed by atoms with Crippen LogP contribution in [0.5, 0.6) is 0 Å². The van der Waals surface area contributed by atoms with E-state index in [1.165, 1.54) is 24.3 Å². The van der Waals surface area contributed by atoms with Crippen molar-refractivity contribution in [1.29, 1.82) is 0 Å². The number of amides is 1. The molecule has 0 aliphatic heterocycles. The summed E-state index contributed by atoms with van der Waals surface area (Å²) in [6.07, 6.45) is -0.862. The van der Waals surface area contributed by atoms with Crippen LogP contribution in [0.1, 0.15) is 11.1 Å². The smallest absolute Gasteiger partial charge is 0.408 e. The van der Waals surface area contributed by atoms with Crippen molar-refractivity contribution in [3.05, 3.63) is 120 Å². The van der Waals surface area contributed by atoms with E-state index in [9.17, 15) is 23.1 Å². The Labute approximate surface area is 221 Å². The number of hydrogen-bond acceptors (Lipinski definition) is 5. The molecule has 0 aliphatic rings. The average Bonchev–Trinajstić information content (AvgIpc) is 2.93. The Morgan fingerprint density at radius 2 is 1.29 bits per heavy atom. The van der Waals surface area contributed by atoms with E-state index in [2.05, 4.69) is 10.0 Å². The van der Waals surface area contributed by atoms with E-state index < -0.39 is 28.1 Å². The quantitative estimate of drug-likeness (QED) is 0.263. The Hall–Kier alpha value is -4.63. The van der Waals surface area contributed by atoms with Gasteiger partial charge in [0, 0.05) is 12.1 Å². The van der Waals surface area contributed by atoms with Crippen molar-refractivity contribution in [2.75, 3.05) is 4.72 Å². The third kappa shape index (κ3) is 7.21. The molecule has 38 heavy (non-hydrogen) atoms. The number of carboxylic acid groups (broad SMARTS) is 1. The number of sulfonamides is 1. The minimum Gasteiger partial charge on any atom is -0.480 e. The number of carbonyl (C=O) groups is 2. The molecule has 4 rings (SSSR count). The van der Waals surface area contributed by atoms with E-state index in [1.807, 2.05) is 54.6 Å². The number of alkyl carbamates (subject to hydrolysis) is 1. The Kier molecular flexibility index (Phi) is 8.40. The van der Waals surface area contributed by atoms with Gasteiger partial charge in [-0.15, -0.1) is 0 Å². The molecule has 1 amide bonds. The monoisotopic (exact) mass is 530 g/mol. The van der Waals surface area contributed by atoms with Crippen LogP contribution < -0.4 is 10.0 Å². The number of rotatable bonds is 10. The normalized spacial score (nSPS) is 11.8. The Morgan fingerprint density at radius 1 is 0.737 bits per heavy atom. The second-order valence-corrected chi connectivity index (χ2v) is 10.2. The van der Waals surface area contributed by atoms with Crippen LogP contribution in [0.2, 0.25) is 0 Å². The molecule has 0 heterocycles. The summed E-state index contributed by atoms with van der Waals surface area (Å²) in [4.78, 5) is 24.1. The zero-order valence-corrected chi connectivity index (χ0v) is 21.1. The fourth-order valence-corrected chi connectivity index (χ4v) is 4.79. The van der Waals surface area contributed by atoms with Crippen molar-refractivity contribution in [3.8, 4) is 11.1 Å². The third-order valence-corrected chi connectivity index (χ3v) is 7.12. The van der Waals surface area contributed by atoms with Gasteiger partial charge in [-0.2, -0.15) is 0 Å². The molecule has 3 N–H and O–H groups in total. The lowest BCUT2D eigenvalue weighted by Gasteiger charge is -2.15. The maximum absolute atomic E-state index is 12.5. The van der Waals surface area contributed by atoms with Crippen LogP contribution >= 0.6 is 0 Å². The van der Waals surface area contributed by atoms with Gasteiger partial charge in [0.05, 0.1) is 4.90 Å². The fourth-order valence-electron chi connectivity index (χ4n) is 3.72. The molecule has 0 fully saturated rings. The number of carboxylic acids is 1. The van der Waals surface area contributed by atoms with Crippen LogP contribution in [-0.2, 0) is 32.6 Å². The Bertz CT molecular complexity index is 1470. The molecular formula is C29H26N2O6S. The molecule has 4 aromatic rings. The van der Waals surface area contributed by atoms with Crippen LogP contribution in [0.4, 0.5) is 10.5 Å². The van der Waals surface area contributed by atoms with Gasteiger partial charge >= 0.3 is 12.1 Å². The zero-order chi connectivity index (χ0) is 27.0. The maximum atomic E-state index is 12.5. The molecule has 0 saturated carbocycles. The second kappa shape index (κ2) is 12.1. The van der Waals surface area contributed by atoms with Gasteiger partial charge in [-0.1, -0.05) is 84.9 Å². The first-order chi connectivity index (χ1) is 18.3. The van der Waals surface area contributed by atoms with Crippen molar-refractivity contribution in [2.24, 2.45) is 0 Å². The standard InChI is InChI=1S/C29H26N2O6S/c32-28(33)27(19-21-13-17-25(18-14-21)31-38(35,36)26-9-5-2-6-10-26)30-29(34)37-20-22-11-15-24(16-12-22)23-7-3-1-4-8-23/h1-18,27,31H,19-20H2,(H,30,34)(H,32,33). The number of benzene rings is 4. The molecule has 0 aliphatic carbocycles. The molecule has 0 spiro atoms. The number of ether oxygens (including phenoxy) is 1. The molecule has 0 radical (unpaired) electrons. The Balaban J connectivity index is 1.30. The van der Waals surface area contributed by atoms with E-state index >= 15 is 0 Å². The highest BCUT2D eigenvalue weighted by atomic mass is 32.2. The van der Waals surface area contributed by atoms with Gasteiger partial charge < -0.3 is 15.2 Å². The molecule has 9 heteroatoms. The van der Waals surface area contributed by atoms with Gasteiger partial charge in [-0.25, -0.2) is 18.0 Å². The van der Waals surface area contributed by atoms with Crippen LogP contribution in [0.25, 0.3) is 11.1 Å². The number of aliphatic carboxylic acids is 1. The van der Waals surface area contributed by atoms with Crippen LogP contribution in [0, 0.1) is 0 Å². The van der Waals surface area contributed by atoms with E-state index in [0.717, 1.165) is 16.7 Å². The summed E-state index contributed by atoms with van der Waals surface area (Å²) in [6, 6.07) is 30.4. The molecule has 0 bridgehead atoms. The number of carbonyl (C=O) groups excluding carboxylic acids is 1. The zero-order valence-electron chi connectivity index (χ0n) is 20.3. The highest BCUT2D eigenvalue weighted by Gasteiger charge is 2.21. The van der Waals surface area contributed by atoms with Crippen LogP contribution in [-0.4, -0.2) is 31.6 Å². The fraction of sp³-hybridized carbons (Fsp3) is 0.103. The van der Waals surface area contributed by atoms with Gasteiger partial charge in [-0.3, -0.25) is 4.72 Å². The molecular weight excluding hydrogens is 504 g/mol. The van der Waals surface area contributed by atoms with Crippen molar-refractivity contribution in [1.82, 2.24) is 5.32 Å². The SMILES string of the molecule is O=C(NC(Cc1ccc(NS(=O)(=O)c2ccccc2)cc1)C(=O)O)OCc1ccc(-c2ccccc2)cc1. The Morgan fingerprint density at radius 3 is 1.89 bits per heavy atom. The third-order valence-electron chi connectivity index (χ3n) is 5.72. The first kappa shape index (κ1) is 26.4. The van der Waals surface area contributed by atoms with Crippen molar-refractivity contribution < 1.29 is 27.9 Å². The van der Waals surface area contributed by atoms with Gasteiger partial charge in [0.25, 0.3) is 10.0 Å². The van der Waals surface area contributed by atoms with Gasteiger partial charge in [0.1, 0.15) is 12.6 Å². The first-order valence-corrected chi connectivity index (χ1v) is 13.3. The van der Waals surface area contributed by atoms with Crippen molar-refractivity contribution in [3.63, 3.8) is 0 Å². The molecule has 0 saturated heterocycles. The lowest BCUT2D eigenvalue weighted by molar-refractivity contribution is -0.139. The maximum Gasteiger partial charge on any atom is 0.408 e. The lowest BCUT2D eigenvalue weighted by atomic mass is 10.0. The molecule has 8 nitrogen and oxygen atoms in total. The van der Waals surface area contributed by atoms with Gasteiger partial charge in [-0.05, 0) is 46.5 Å². The molecule has 4 aromatic carbocycles. The summed E-state index contributed by atoms with van der Waals surface area (Å²) in [6.45, 7) is -0.0104. The molecule has 194 valence electrons. The average molecular weight is 531 g/mol. The summed E-state index contributed by atoms with van der Waals surface area (Å²) in [5.74, 6) is -1.22. The van der Waals surface area contributed by atoms with E-state index in [-0.39, 0.29) is 17.9 Å². The molecule has 0 aromatic heterocycles. The molecule has 1 unspecified atom stereocenters. The minimum atomic E-state index is -3.74. The first-order valence-electron chi connectivity index (χ1n) is 11.8. The van der Waals surface area contributed by atoms with E-state index in [4.69, 9.17) is 4.74 Å². The number of anilines is 1. The van der Waals surface area contributed by atoms with Crippen LogP contribution in [0.3, 0.4) is 0 Å². The summed E-state index contributed by atoms with van der Waals surface area (Å²) in [5.41, 5.74) is 3.79. The topological polar surface area (TPSA) is 122 Å². The van der Waals surface area contributed by atoms with Crippen molar-refractivity contribution in [2.45, 2.75) is 24.0 Å². The number of nitrogens with one attached hydrogen (secondary N) is 2. The molecule has 1 atom stereocenters. The summed E-state index contributed by atoms with van der Waals surface area (Å²) >= 11 is 0. The van der Waals surface area contributed by atoms with Crippen molar-refractivity contribution >= 4 is 27.8 Å². The predicted octanol–water partition coefficient (Wildman–Crippen LogP) is 5.08. The minimum absolute atomic E-state index is 0.0104. The largest absolute Gasteiger partial charge is 0.480 e. The summed E-state index contributed by atoms with van der Waals surface area (Å²) < 4.78 is 32.6. The van der Waals surface area contributed by atoms with Gasteiger partial charge in [0.2, 0.25) is 0 Å². The number of hydrogen-bond donors (Lipinski definition) is 3. The highest BCUT2D eigenvalue weighted by molar-refractivity contribution is 7.92. The summed E-state index contributed by atoms with van der Waals surface area (Å²) in [7, 11) is -3.74. The highest BCUT2D eigenvalue weighted by Crippen LogP contribution is 2.20.